The Morgan fingerprint density at radius 2 is 1.69 bits per heavy atom. The Balaban J connectivity index is 1.19. The molecule has 10 heteroatoms. The minimum absolute atomic E-state index is 0.0221. The quantitative estimate of drug-likeness (QED) is 0.217. The number of benzene rings is 3. The smallest absolute Gasteiger partial charge is 0.253 e. The summed E-state index contributed by atoms with van der Waals surface area (Å²) in [6, 6.07) is 26.0. The van der Waals surface area contributed by atoms with E-state index >= 15 is 0 Å². The molecule has 2 aromatic heterocycles. The Morgan fingerprint density at radius 3 is 2.45 bits per heavy atom. The Hall–Kier alpha value is -4.70. The van der Waals surface area contributed by atoms with Crippen molar-refractivity contribution >= 4 is 23.4 Å². The molecule has 5 aromatic rings. The van der Waals surface area contributed by atoms with Gasteiger partial charge in [0, 0.05) is 55.5 Å². The number of aromatic nitrogens is 4. The number of para-hydroxylation sites is 3. The molecule has 1 aliphatic heterocycles. The van der Waals surface area contributed by atoms with E-state index in [4.69, 9.17) is 4.74 Å². The molecule has 212 valence electrons. The molecule has 0 atom stereocenters. The molecule has 1 saturated heterocycles. The number of nitrogens with zero attached hydrogens (tertiary/aromatic N) is 6. The molecule has 0 N–H and O–H groups in total. The van der Waals surface area contributed by atoms with Gasteiger partial charge < -0.3 is 14.5 Å². The van der Waals surface area contributed by atoms with Gasteiger partial charge in [0.15, 0.2) is 11.0 Å². The first-order chi connectivity index (χ1) is 20.6. The fraction of sp³-hybridized carbons (Fsp3) is 0.188. The molecule has 6 rings (SSSR count). The monoisotopic (exact) mass is 580 g/mol. The normalized spacial score (nSPS) is 13.3. The van der Waals surface area contributed by atoms with E-state index in [1.54, 1.807) is 31.6 Å². The van der Waals surface area contributed by atoms with Crippen LogP contribution in [0.2, 0.25) is 0 Å². The number of methoxy groups -OCH3 is 1. The zero-order chi connectivity index (χ0) is 28.9. The number of anilines is 1. The van der Waals surface area contributed by atoms with Crippen LogP contribution in [-0.4, -0.2) is 63.8 Å². The predicted molar refractivity (Wildman–Crippen MR) is 162 cm³/mol. The van der Waals surface area contributed by atoms with Crippen molar-refractivity contribution in [3.63, 3.8) is 0 Å². The third kappa shape index (κ3) is 5.71. The highest BCUT2D eigenvalue weighted by Crippen LogP contribution is 2.33. The molecule has 1 aliphatic rings. The summed E-state index contributed by atoms with van der Waals surface area (Å²) in [5, 5.41) is 9.71. The summed E-state index contributed by atoms with van der Waals surface area (Å²) >= 11 is 1.53. The number of thioether (sulfide) groups is 1. The van der Waals surface area contributed by atoms with Gasteiger partial charge in [-0.05, 0) is 54.1 Å². The highest BCUT2D eigenvalue weighted by Gasteiger charge is 2.24. The van der Waals surface area contributed by atoms with Crippen molar-refractivity contribution < 1.29 is 13.9 Å². The molecular weight excluding hydrogens is 551 g/mol. The van der Waals surface area contributed by atoms with Crippen LogP contribution >= 0.6 is 11.8 Å². The van der Waals surface area contributed by atoms with E-state index < -0.39 is 0 Å². The third-order valence-corrected chi connectivity index (χ3v) is 8.18. The molecule has 0 unspecified atom stereocenters. The van der Waals surface area contributed by atoms with Crippen LogP contribution in [0.15, 0.2) is 102 Å². The lowest BCUT2D eigenvalue weighted by Crippen LogP contribution is -2.49. The number of rotatable bonds is 8. The van der Waals surface area contributed by atoms with E-state index in [1.807, 2.05) is 81.1 Å². The number of hydrogen-bond donors (Lipinski definition) is 0. The lowest BCUT2D eigenvalue weighted by molar-refractivity contribution is 0.0746. The number of ether oxygens (including phenoxy) is 1. The van der Waals surface area contributed by atoms with Gasteiger partial charge in [-0.2, -0.15) is 0 Å². The van der Waals surface area contributed by atoms with Crippen LogP contribution in [0.5, 0.6) is 5.75 Å². The molecule has 8 nitrogen and oxygen atoms in total. The molecule has 0 bridgehead atoms. The summed E-state index contributed by atoms with van der Waals surface area (Å²) in [6.45, 7) is 2.23. The van der Waals surface area contributed by atoms with Gasteiger partial charge in [-0.15, -0.1) is 10.2 Å². The zero-order valence-corrected chi connectivity index (χ0v) is 23.9. The van der Waals surface area contributed by atoms with Gasteiger partial charge in [0.25, 0.3) is 5.91 Å². The second kappa shape index (κ2) is 12.4. The minimum atomic E-state index is -0.239. The predicted octanol–water partition coefficient (Wildman–Crippen LogP) is 5.73. The van der Waals surface area contributed by atoms with Crippen LogP contribution in [0.1, 0.15) is 15.9 Å². The number of piperazine rings is 1. The van der Waals surface area contributed by atoms with Crippen LogP contribution in [0.3, 0.4) is 0 Å². The molecule has 0 saturated carbocycles. The van der Waals surface area contributed by atoms with Gasteiger partial charge in [-0.25, -0.2) is 4.39 Å². The molecule has 1 amide bonds. The molecule has 1 fully saturated rings. The number of halogens is 1. The topological polar surface area (TPSA) is 76.4 Å². The van der Waals surface area contributed by atoms with Gasteiger partial charge in [0.1, 0.15) is 11.6 Å². The van der Waals surface area contributed by atoms with Crippen LogP contribution in [0, 0.1) is 5.82 Å². The first-order valence-corrected chi connectivity index (χ1v) is 14.6. The second-order valence-electron chi connectivity index (χ2n) is 9.77. The van der Waals surface area contributed by atoms with Crippen molar-refractivity contribution in [2.24, 2.45) is 0 Å². The highest BCUT2D eigenvalue weighted by atomic mass is 32.2. The average Bonchev–Trinajstić information content (AvgIpc) is 3.48. The molecule has 3 heterocycles. The number of carbonyl (C=O) groups is 1. The van der Waals surface area contributed by atoms with Crippen molar-refractivity contribution in [2.45, 2.75) is 10.9 Å². The number of carbonyl (C=O) groups excluding carboxylic acids is 1. The maximum absolute atomic E-state index is 14.2. The van der Waals surface area contributed by atoms with Crippen molar-refractivity contribution in [1.29, 1.82) is 0 Å². The third-order valence-electron chi connectivity index (χ3n) is 7.18. The van der Waals surface area contributed by atoms with E-state index in [9.17, 15) is 9.18 Å². The second-order valence-corrected chi connectivity index (χ2v) is 10.7. The minimum Gasteiger partial charge on any atom is -0.495 e. The van der Waals surface area contributed by atoms with E-state index in [0.717, 1.165) is 16.8 Å². The van der Waals surface area contributed by atoms with E-state index in [1.165, 1.54) is 17.8 Å². The Morgan fingerprint density at radius 1 is 0.905 bits per heavy atom. The summed E-state index contributed by atoms with van der Waals surface area (Å²) < 4.78 is 21.9. The van der Waals surface area contributed by atoms with E-state index in [0.29, 0.717) is 59.9 Å². The Bertz CT molecular complexity index is 1690. The number of amides is 1. The van der Waals surface area contributed by atoms with E-state index in [-0.39, 0.29) is 11.7 Å². The fourth-order valence-electron chi connectivity index (χ4n) is 5.06. The lowest BCUT2D eigenvalue weighted by Gasteiger charge is -2.36. The lowest BCUT2D eigenvalue weighted by atomic mass is 10.1. The number of hydrogen-bond acceptors (Lipinski definition) is 7. The van der Waals surface area contributed by atoms with Gasteiger partial charge in [-0.1, -0.05) is 48.2 Å². The standard InChI is InChI=1S/C32H29FN6O2S/c1-41-29-14-5-4-13-28(29)39-30(25-10-7-15-34-21-25)35-36-32(39)42-22-23-8-6-9-24(20-23)31(40)38-18-16-37(17-19-38)27-12-3-2-11-26(27)33/h2-15,20-21H,16-19,22H2,1H3. The van der Waals surface area contributed by atoms with Gasteiger partial charge in [0.05, 0.1) is 18.5 Å². The van der Waals surface area contributed by atoms with Gasteiger partial charge >= 0.3 is 0 Å². The van der Waals surface area contributed by atoms with Crippen molar-refractivity contribution in [1.82, 2.24) is 24.6 Å². The SMILES string of the molecule is COc1ccccc1-n1c(SCc2cccc(C(=O)N3CCN(c4ccccc4F)CC3)c2)nnc1-c1cccnc1. The van der Waals surface area contributed by atoms with Crippen LogP contribution < -0.4 is 9.64 Å². The molecule has 3 aromatic carbocycles. The highest BCUT2D eigenvalue weighted by molar-refractivity contribution is 7.98. The molecule has 0 aliphatic carbocycles. The maximum Gasteiger partial charge on any atom is 0.253 e. The zero-order valence-electron chi connectivity index (χ0n) is 23.1. The summed E-state index contributed by atoms with van der Waals surface area (Å²) in [4.78, 5) is 21.5. The fourth-order valence-corrected chi connectivity index (χ4v) is 5.95. The Kier molecular flexibility index (Phi) is 8.14. The molecule has 0 spiro atoms. The van der Waals surface area contributed by atoms with Crippen molar-refractivity contribution in [2.75, 3.05) is 38.2 Å². The van der Waals surface area contributed by atoms with Gasteiger partial charge in [-0.3, -0.25) is 14.3 Å². The van der Waals surface area contributed by atoms with Crippen molar-refractivity contribution in [3.05, 3.63) is 114 Å². The van der Waals surface area contributed by atoms with Crippen LogP contribution in [-0.2, 0) is 5.75 Å². The van der Waals surface area contributed by atoms with Crippen molar-refractivity contribution in [3.8, 4) is 22.8 Å². The molecule has 42 heavy (non-hydrogen) atoms. The number of pyridine rings is 1. The molecular formula is C32H29FN6O2S. The van der Waals surface area contributed by atoms with Crippen LogP contribution in [0.4, 0.5) is 10.1 Å². The summed E-state index contributed by atoms with van der Waals surface area (Å²) in [5.41, 5.74) is 3.87. The van der Waals surface area contributed by atoms with E-state index in [2.05, 4.69) is 15.2 Å². The van der Waals surface area contributed by atoms with Crippen LogP contribution in [0.25, 0.3) is 17.1 Å². The first-order valence-electron chi connectivity index (χ1n) is 13.6. The maximum atomic E-state index is 14.2. The summed E-state index contributed by atoms with van der Waals surface area (Å²) in [5.74, 6) is 1.69. The average molecular weight is 581 g/mol. The summed E-state index contributed by atoms with van der Waals surface area (Å²) in [7, 11) is 1.64. The Labute approximate surface area is 247 Å². The first kappa shape index (κ1) is 27.5. The molecule has 0 radical (unpaired) electrons. The van der Waals surface area contributed by atoms with Gasteiger partial charge in [0.2, 0.25) is 0 Å². The largest absolute Gasteiger partial charge is 0.495 e. The summed E-state index contributed by atoms with van der Waals surface area (Å²) in [6.07, 6.45) is 3.48.